The number of esters is 1. The van der Waals surface area contributed by atoms with Crippen LogP contribution in [0.3, 0.4) is 0 Å². The lowest BCUT2D eigenvalue weighted by Gasteiger charge is -2.25. The predicted octanol–water partition coefficient (Wildman–Crippen LogP) is 1.92. The lowest BCUT2D eigenvalue weighted by atomic mass is 10.1. The van der Waals surface area contributed by atoms with E-state index in [9.17, 15) is 4.79 Å². The standard InChI is InChI=1S/C12H16O4/c1-4-15-12(3)10-9(11(13)16-12)6-5-8(2)7-14-10/h5H,4,6-7H2,1-3H3. The van der Waals surface area contributed by atoms with E-state index in [1.807, 2.05) is 19.9 Å². The number of carbonyl (C=O) groups excluding carboxylic acids is 1. The average Bonchev–Trinajstić information content (AvgIpc) is 2.38. The van der Waals surface area contributed by atoms with Crippen molar-refractivity contribution in [1.29, 1.82) is 0 Å². The highest BCUT2D eigenvalue weighted by Crippen LogP contribution is 2.37. The molecule has 16 heavy (non-hydrogen) atoms. The average molecular weight is 224 g/mol. The molecule has 0 bridgehead atoms. The number of ether oxygens (including phenoxy) is 3. The zero-order chi connectivity index (χ0) is 11.8. The summed E-state index contributed by atoms with van der Waals surface area (Å²) in [5.74, 6) is -0.844. The number of hydrogen-bond donors (Lipinski definition) is 0. The summed E-state index contributed by atoms with van der Waals surface area (Å²) in [4.78, 5) is 11.7. The second-order valence-electron chi connectivity index (χ2n) is 4.12. The van der Waals surface area contributed by atoms with Gasteiger partial charge in [-0.15, -0.1) is 0 Å². The molecule has 88 valence electrons. The highest BCUT2D eigenvalue weighted by Gasteiger charge is 2.47. The summed E-state index contributed by atoms with van der Waals surface area (Å²) in [6.45, 7) is 6.51. The van der Waals surface area contributed by atoms with E-state index in [-0.39, 0.29) is 5.97 Å². The van der Waals surface area contributed by atoms with Crippen LogP contribution in [0.25, 0.3) is 0 Å². The number of allylic oxidation sites excluding steroid dienone is 1. The third-order valence-electron chi connectivity index (χ3n) is 2.74. The molecule has 0 aromatic rings. The van der Waals surface area contributed by atoms with Gasteiger partial charge >= 0.3 is 5.97 Å². The number of rotatable bonds is 2. The predicted molar refractivity (Wildman–Crippen MR) is 57.5 cm³/mol. The smallest absolute Gasteiger partial charge is 0.340 e. The Morgan fingerprint density at radius 1 is 1.56 bits per heavy atom. The van der Waals surface area contributed by atoms with Gasteiger partial charge in [0, 0.05) is 20.0 Å². The Morgan fingerprint density at radius 3 is 3.00 bits per heavy atom. The Kier molecular flexibility index (Phi) is 2.76. The monoisotopic (exact) mass is 224 g/mol. The number of hydrogen-bond acceptors (Lipinski definition) is 4. The van der Waals surface area contributed by atoms with Gasteiger partial charge in [0.1, 0.15) is 6.61 Å². The zero-order valence-electron chi connectivity index (χ0n) is 9.83. The highest BCUT2D eigenvalue weighted by atomic mass is 16.7. The second kappa shape index (κ2) is 3.94. The first-order valence-electron chi connectivity index (χ1n) is 5.46. The van der Waals surface area contributed by atoms with Gasteiger partial charge in [-0.1, -0.05) is 6.08 Å². The van der Waals surface area contributed by atoms with Crippen LogP contribution in [0.2, 0.25) is 0 Å². The fraction of sp³-hybridized carbons (Fsp3) is 0.583. The molecule has 1 unspecified atom stereocenters. The minimum atomic E-state index is -1.04. The Hall–Kier alpha value is -1.29. The van der Waals surface area contributed by atoms with E-state index >= 15 is 0 Å². The fourth-order valence-electron chi connectivity index (χ4n) is 1.94. The van der Waals surface area contributed by atoms with E-state index in [1.54, 1.807) is 6.92 Å². The van der Waals surface area contributed by atoms with Gasteiger partial charge in [-0.05, 0) is 19.4 Å². The SMILES string of the molecule is CCOC1(C)OC(=O)C2=C1OCC(C)=CC2. The van der Waals surface area contributed by atoms with Gasteiger partial charge < -0.3 is 14.2 Å². The lowest BCUT2D eigenvalue weighted by Crippen LogP contribution is -2.33. The van der Waals surface area contributed by atoms with Crippen LogP contribution in [0, 0.1) is 0 Å². The van der Waals surface area contributed by atoms with E-state index in [0.29, 0.717) is 31.0 Å². The third-order valence-corrected chi connectivity index (χ3v) is 2.74. The van der Waals surface area contributed by atoms with Gasteiger partial charge in [-0.3, -0.25) is 0 Å². The van der Waals surface area contributed by atoms with Crippen LogP contribution in [0.15, 0.2) is 23.0 Å². The molecule has 1 atom stereocenters. The van der Waals surface area contributed by atoms with Crippen molar-refractivity contribution < 1.29 is 19.0 Å². The van der Waals surface area contributed by atoms with Crippen molar-refractivity contribution in [3.05, 3.63) is 23.0 Å². The molecule has 0 saturated heterocycles. The van der Waals surface area contributed by atoms with Crippen molar-refractivity contribution in [3.8, 4) is 0 Å². The molecule has 2 heterocycles. The van der Waals surface area contributed by atoms with E-state index in [2.05, 4.69) is 0 Å². The molecule has 0 aromatic carbocycles. The maximum absolute atomic E-state index is 11.7. The van der Waals surface area contributed by atoms with Crippen molar-refractivity contribution in [1.82, 2.24) is 0 Å². The molecular weight excluding hydrogens is 208 g/mol. The van der Waals surface area contributed by atoms with Crippen molar-refractivity contribution in [2.45, 2.75) is 33.0 Å². The molecule has 0 amide bonds. The van der Waals surface area contributed by atoms with Gasteiger partial charge in [-0.2, -0.15) is 0 Å². The summed E-state index contributed by atoms with van der Waals surface area (Å²) in [7, 11) is 0. The van der Waals surface area contributed by atoms with Gasteiger partial charge in [0.15, 0.2) is 5.76 Å². The normalized spacial score (nSPS) is 29.2. The first-order valence-corrected chi connectivity index (χ1v) is 5.46. The number of cyclic esters (lactones) is 1. The second-order valence-corrected chi connectivity index (χ2v) is 4.12. The first kappa shape index (κ1) is 11.2. The zero-order valence-corrected chi connectivity index (χ0v) is 9.83. The van der Waals surface area contributed by atoms with Crippen LogP contribution in [0.4, 0.5) is 0 Å². The number of carbonyl (C=O) groups is 1. The summed E-state index contributed by atoms with van der Waals surface area (Å²) in [6, 6.07) is 0. The highest BCUT2D eigenvalue weighted by molar-refractivity contribution is 5.92. The molecule has 4 nitrogen and oxygen atoms in total. The molecule has 0 N–H and O–H groups in total. The van der Waals surface area contributed by atoms with E-state index in [4.69, 9.17) is 14.2 Å². The molecule has 0 radical (unpaired) electrons. The van der Waals surface area contributed by atoms with Crippen molar-refractivity contribution in [2.75, 3.05) is 13.2 Å². The molecule has 2 aliphatic heterocycles. The fourth-order valence-corrected chi connectivity index (χ4v) is 1.94. The van der Waals surface area contributed by atoms with Crippen LogP contribution >= 0.6 is 0 Å². The van der Waals surface area contributed by atoms with E-state index < -0.39 is 5.79 Å². The van der Waals surface area contributed by atoms with Crippen LogP contribution in [0.1, 0.15) is 27.2 Å². The third kappa shape index (κ3) is 1.73. The molecule has 0 spiro atoms. The van der Waals surface area contributed by atoms with Crippen LogP contribution < -0.4 is 0 Å². The topological polar surface area (TPSA) is 44.8 Å². The van der Waals surface area contributed by atoms with Crippen molar-refractivity contribution >= 4 is 5.97 Å². The molecule has 4 heteroatoms. The van der Waals surface area contributed by atoms with Gasteiger partial charge in [0.25, 0.3) is 5.79 Å². The maximum atomic E-state index is 11.7. The Balaban J connectivity index is 2.32. The van der Waals surface area contributed by atoms with E-state index in [1.165, 1.54) is 0 Å². The quantitative estimate of drug-likeness (QED) is 0.531. The molecule has 0 fully saturated rings. The summed E-state index contributed by atoms with van der Waals surface area (Å²) in [6.07, 6.45) is 2.55. The largest absolute Gasteiger partial charge is 0.486 e. The maximum Gasteiger partial charge on any atom is 0.340 e. The minimum Gasteiger partial charge on any atom is -0.486 e. The molecule has 0 aromatic heterocycles. The summed E-state index contributed by atoms with van der Waals surface area (Å²) >= 11 is 0. The Labute approximate surface area is 94.9 Å². The summed E-state index contributed by atoms with van der Waals surface area (Å²) < 4.78 is 16.3. The van der Waals surface area contributed by atoms with Gasteiger partial charge in [0.05, 0.1) is 5.57 Å². The molecule has 0 aliphatic carbocycles. The first-order chi connectivity index (χ1) is 7.57. The van der Waals surface area contributed by atoms with Crippen LogP contribution in [-0.2, 0) is 19.0 Å². The molecule has 2 rings (SSSR count). The summed E-state index contributed by atoms with van der Waals surface area (Å²) in [5.41, 5.74) is 1.69. The minimum absolute atomic E-state index is 0.336. The molecular formula is C12H16O4. The Bertz CT molecular complexity index is 380. The lowest BCUT2D eigenvalue weighted by molar-refractivity contribution is -0.204. The molecule has 0 saturated carbocycles. The van der Waals surface area contributed by atoms with Crippen LogP contribution in [0.5, 0.6) is 0 Å². The van der Waals surface area contributed by atoms with E-state index in [0.717, 1.165) is 5.57 Å². The van der Waals surface area contributed by atoms with Crippen molar-refractivity contribution in [2.24, 2.45) is 0 Å². The summed E-state index contributed by atoms with van der Waals surface area (Å²) in [5, 5.41) is 0. The van der Waals surface area contributed by atoms with Gasteiger partial charge in [-0.25, -0.2) is 4.79 Å². The van der Waals surface area contributed by atoms with Gasteiger partial charge in [0.2, 0.25) is 0 Å². The van der Waals surface area contributed by atoms with Crippen molar-refractivity contribution in [3.63, 3.8) is 0 Å². The van der Waals surface area contributed by atoms with Crippen LogP contribution in [-0.4, -0.2) is 25.0 Å². The molecule has 2 aliphatic rings. The Morgan fingerprint density at radius 2 is 2.31 bits per heavy atom.